The predicted molar refractivity (Wildman–Crippen MR) is 81.4 cm³/mol. The van der Waals surface area contributed by atoms with Crippen LogP contribution in [0.4, 0.5) is 0 Å². The average molecular weight is 281 g/mol. The topological polar surface area (TPSA) is 41.9 Å². The lowest BCUT2D eigenvalue weighted by atomic mass is 10.1. The predicted octanol–water partition coefficient (Wildman–Crippen LogP) is 2.69. The molecule has 4 nitrogen and oxygen atoms in total. The molecule has 4 heteroatoms. The number of hydrogen-bond donors (Lipinski definition) is 1. The first-order chi connectivity index (χ1) is 9.47. The Kier molecular flexibility index (Phi) is 6.82. The summed E-state index contributed by atoms with van der Waals surface area (Å²) in [6, 6.07) is 6.37. The molecule has 1 unspecified atom stereocenters. The van der Waals surface area contributed by atoms with Gasteiger partial charge in [0.05, 0.1) is 19.8 Å². The molecule has 1 aromatic rings. The minimum absolute atomic E-state index is 0.331. The summed E-state index contributed by atoms with van der Waals surface area (Å²) < 4.78 is 10.9. The van der Waals surface area contributed by atoms with Crippen molar-refractivity contribution in [1.29, 1.82) is 0 Å². The molecule has 1 atom stereocenters. The van der Waals surface area contributed by atoms with Gasteiger partial charge in [-0.15, -0.1) is 0 Å². The molecule has 0 aliphatic rings. The number of rotatable bonds is 8. The van der Waals surface area contributed by atoms with Gasteiger partial charge in [-0.1, -0.05) is 6.07 Å². The van der Waals surface area contributed by atoms with Crippen LogP contribution < -0.4 is 9.47 Å². The molecule has 0 radical (unpaired) electrons. The molecule has 1 aromatic carbocycles. The van der Waals surface area contributed by atoms with E-state index in [1.54, 1.807) is 7.11 Å². The third kappa shape index (κ3) is 5.02. The molecule has 0 aliphatic heterocycles. The molecule has 1 rings (SSSR count). The summed E-state index contributed by atoms with van der Waals surface area (Å²) in [5.74, 6) is 1.52. The number of ether oxygens (including phenoxy) is 2. The van der Waals surface area contributed by atoms with Crippen molar-refractivity contribution in [2.75, 3.05) is 20.3 Å². The SMILES string of the molecule is CCOc1ccc(CN(CC(C)O)C(C)C)cc1OC. The molecule has 0 aromatic heterocycles. The molecule has 0 fully saturated rings. The van der Waals surface area contributed by atoms with Gasteiger partial charge < -0.3 is 14.6 Å². The van der Waals surface area contributed by atoms with Crippen molar-refractivity contribution in [3.05, 3.63) is 23.8 Å². The molecule has 20 heavy (non-hydrogen) atoms. The van der Waals surface area contributed by atoms with Gasteiger partial charge in [-0.25, -0.2) is 0 Å². The van der Waals surface area contributed by atoms with Crippen LogP contribution in [-0.2, 0) is 6.54 Å². The van der Waals surface area contributed by atoms with E-state index in [9.17, 15) is 5.11 Å². The van der Waals surface area contributed by atoms with Crippen molar-refractivity contribution >= 4 is 0 Å². The summed E-state index contributed by atoms with van der Waals surface area (Å²) in [6.07, 6.45) is -0.331. The molecule has 114 valence electrons. The number of hydrogen-bond acceptors (Lipinski definition) is 4. The lowest BCUT2D eigenvalue weighted by Crippen LogP contribution is -2.36. The maximum Gasteiger partial charge on any atom is 0.161 e. The average Bonchev–Trinajstić information content (AvgIpc) is 2.39. The first-order valence-electron chi connectivity index (χ1n) is 7.19. The van der Waals surface area contributed by atoms with Gasteiger partial charge >= 0.3 is 0 Å². The Morgan fingerprint density at radius 3 is 2.40 bits per heavy atom. The van der Waals surface area contributed by atoms with Gasteiger partial charge in [0, 0.05) is 19.1 Å². The van der Waals surface area contributed by atoms with Crippen molar-refractivity contribution in [2.45, 2.75) is 46.4 Å². The normalized spacial score (nSPS) is 12.8. The number of aliphatic hydroxyl groups is 1. The zero-order valence-electron chi connectivity index (χ0n) is 13.2. The number of benzene rings is 1. The molecular weight excluding hydrogens is 254 g/mol. The summed E-state index contributed by atoms with van der Waals surface area (Å²) in [7, 11) is 1.65. The van der Waals surface area contributed by atoms with E-state index in [1.165, 1.54) is 0 Å². The first-order valence-corrected chi connectivity index (χ1v) is 7.19. The lowest BCUT2D eigenvalue weighted by Gasteiger charge is -2.28. The Bertz CT molecular complexity index is 405. The summed E-state index contributed by atoms with van der Waals surface area (Å²) >= 11 is 0. The van der Waals surface area contributed by atoms with Crippen LogP contribution in [-0.4, -0.2) is 42.4 Å². The van der Waals surface area contributed by atoms with Gasteiger partial charge in [-0.05, 0) is 45.4 Å². The van der Waals surface area contributed by atoms with Crippen LogP contribution in [0, 0.1) is 0 Å². The minimum atomic E-state index is -0.331. The minimum Gasteiger partial charge on any atom is -0.493 e. The van der Waals surface area contributed by atoms with Crippen LogP contribution in [0.2, 0.25) is 0 Å². The molecular formula is C16H27NO3. The van der Waals surface area contributed by atoms with Gasteiger partial charge in [0.15, 0.2) is 11.5 Å². The Morgan fingerprint density at radius 1 is 1.20 bits per heavy atom. The van der Waals surface area contributed by atoms with Crippen LogP contribution >= 0.6 is 0 Å². The summed E-state index contributed by atoms with van der Waals surface area (Å²) in [5.41, 5.74) is 1.15. The third-order valence-corrected chi connectivity index (χ3v) is 3.14. The maximum absolute atomic E-state index is 9.58. The van der Waals surface area contributed by atoms with Crippen molar-refractivity contribution < 1.29 is 14.6 Å². The van der Waals surface area contributed by atoms with E-state index < -0.39 is 0 Å². The quantitative estimate of drug-likeness (QED) is 0.795. The zero-order chi connectivity index (χ0) is 15.1. The lowest BCUT2D eigenvalue weighted by molar-refractivity contribution is 0.103. The first kappa shape index (κ1) is 16.8. The molecule has 0 aliphatic carbocycles. The van der Waals surface area contributed by atoms with Crippen LogP contribution in [0.5, 0.6) is 11.5 Å². The van der Waals surface area contributed by atoms with E-state index in [4.69, 9.17) is 9.47 Å². The highest BCUT2D eigenvalue weighted by Gasteiger charge is 2.14. The molecule has 0 saturated carbocycles. The van der Waals surface area contributed by atoms with E-state index in [0.29, 0.717) is 19.2 Å². The largest absolute Gasteiger partial charge is 0.493 e. The monoisotopic (exact) mass is 281 g/mol. The molecule has 0 amide bonds. The highest BCUT2D eigenvalue weighted by atomic mass is 16.5. The van der Waals surface area contributed by atoms with E-state index in [-0.39, 0.29) is 6.10 Å². The number of nitrogens with zero attached hydrogens (tertiary/aromatic N) is 1. The molecule has 0 spiro atoms. The second-order valence-electron chi connectivity index (χ2n) is 5.29. The summed E-state index contributed by atoms with van der Waals surface area (Å²) in [4.78, 5) is 2.24. The van der Waals surface area contributed by atoms with E-state index in [1.807, 2.05) is 32.0 Å². The summed E-state index contributed by atoms with van der Waals surface area (Å²) in [5, 5.41) is 9.58. The Labute approximate surface area is 122 Å². The van der Waals surface area contributed by atoms with E-state index >= 15 is 0 Å². The Morgan fingerprint density at radius 2 is 1.90 bits per heavy atom. The highest BCUT2D eigenvalue weighted by molar-refractivity contribution is 5.42. The molecule has 0 saturated heterocycles. The van der Waals surface area contributed by atoms with Crippen molar-refractivity contribution in [3.63, 3.8) is 0 Å². The zero-order valence-corrected chi connectivity index (χ0v) is 13.2. The number of methoxy groups -OCH3 is 1. The molecule has 1 N–H and O–H groups in total. The second-order valence-corrected chi connectivity index (χ2v) is 5.29. The van der Waals surface area contributed by atoms with Gasteiger partial charge in [0.2, 0.25) is 0 Å². The maximum atomic E-state index is 9.58. The Balaban J connectivity index is 2.85. The van der Waals surface area contributed by atoms with Crippen LogP contribution in [0.1, 0.15) is 33.3 Å². The van der Waals surface area contributed by atoms with Gasteiger partial charge in [0.25, 0.3) is 0 Å². The second kappa shape index (κ2) is 8.12. The summed E-state index contributed by atoms with van der Waals surface area (Å²) in [6.45, 7) is 10.1. The standard InChI is InChI=1S/C16H27NO3/c1-6-20-15-8-7-14(9-16(15)19-5)11-17(12(2)3)10-13(4)18/h7-9,12-13,18H,6,10-11H2,1-5H3. The van der Waals surface area contributed by atoms with Gasteiger partial charge in [0.1, 0.15) is 0 Å². The highest BCUT2D eigenvalue weighted by Crippen LogP contribution is 2.28. The smallest absolute Gasteiger partial charge is 0.161 e. The van der Waals surface area contributed by atoms with Crippen LogP contribution in [0.15, 0.2) is 18.2 Å². The van der Waals surface area contributed by atoms with Crippen LogP contribution in [0.3, 0.4) is 0 Å². The Hall–Kier alpha value is -1.26. The molecule has 0 heterocycles. The fourth-order valence-corrected chi connectivity index (χ4v) is 2.12. The fourth-order valence-electron chi connectivity index (χ4n) is 2.12. The van der Waals surface area contributed by atoms with Gasteiger partial charge in [-0.2, -0.15) is 0 Å². The van der Waals surface area contributed by atoms with Crippen molar-refractivity contribution in [2.24, 2.45) is 0 Å². The van der Waals surface area contributed by atoms with Crippen molar-refractivity contribution in [1.82, 2.24) is 4.90 Å². The third-order valence-electron chi connectivity index (χ3n) is 3.14. The molecule has 0 bridgehead atoms. The van der Waals surface area contributed by atoms with Crippen LogP contribution in [0.25, 0.3) is 0 Å². The fraction of sp³-hybridized carbons (Fsp3) is 0.625. The van der Waals surface area contributed by atoms with E-state index in [2.05, 4.69) is 18.7 Å². The van der Waals surface area contributed by atoms with Gasteiger partial charge in [-0.3, -0.25) is 4.90 Å². The van der Waals surface area contributed by atoms with E-state index in [0.717, 1.165) is 23.6 Å². The van der Waals surface area contributed by atoms with Crippen molar-refractivity contribution in [3.8, 4) is 11.5 Å². The number of aliphatic hydroxyl groups excluding tert-OH is 1.